The van der Waals surface area contributed by atoms with E-state index >= 15 is 0 Å². The Morgan fingerprint density at radius 1 is 0.944 bits per heavy atom. The van der Waals surface area contributed by atoms with Crippen molar-refractivity contribution in [3.05, 3.63) is 0 Å². The van der Waals surface area contributed by atoms with Gasteiger partial charge in [-0.2, -0.15) is 0 Å². The molecule has 1 aliphatic heterocycles. The van der Waals surface area contributed by atoms with Crippen molar-refractivity contribution in [2.75, 3.05) is 6.54 Å². The second-order valence-corrected chi connectivity index (χ2v) is 14.0. The molecule has 1 saturated heterocycles. The maximum Gasteiger partial charge on any atom is 0.129 e. The van der Waals surface area contributed by atoms with Crippen molar-refractivity contribution in [2.24, 2.45) is 0 Å². The molecule has 1 atom stereocenters. The van der Waals surface area contributed by atoms with Gasteiger partial charge in [0, 0.05) is 0 Å². The fraction of sp³-hybridized carbons (Fsp3) is 1.00. The van der Waals surface area contributed by atoms with Crippen molar-refractivity contribution in [3.63, 3.8) is 0 Å². The van der Waals surface area contributed by atoms with Crippen LogP contribution in [-0.4, -0.2) is 28.0 Å². The SMILES string of the molecule is CCC[Si](CCC)N1CC(C)[Si]1(CCC)CCC. The summed E-state index contributed by atoms with van der Waals surface area (Å²) < 4.78 is 3.14. The molecule has 1 heterocycles. The van der Waals surface area contributed by atoms with Crippen molar-refractivity contribution in [2.45, 2.75) is 90.0 Å². The molecule has 0 aromatic carbocycles. The Labute approximate surface area is 118 Å². The Morgan fingerprint density at radius 2 is 1.44 bits per heavy atom. The van der Waals surface area contributed by atoms with E-state index in [-0.39, 0.29) is 8.96 Å². The molecule has 107 valence electrons. The summed E-state index contributed by atoms with van der Waals surface area (Å²) in [4.78, 5) is 0. The molecule has 0 amide bonds. The number of hydrogen-bond acceptors (Lipinski definition) is 1. The highest BCUT2D eigenvalue weighted by atomic mass is 28.4. The van der Waals surface area contributed by atoms with Crippen LogP contribution >= 0.6 is 0 Å². The normalized spacial score (nSPS) is 23.3. The van der Waals surface area contributed by atoms with Crippen LogP contribution in [0, 0.1) is 0 Å². The van der Waals surface area contributed by atoms with Crippen LogP contribution in [0.5, 0.6) is 0 Å². The molecule has 1 nitrogen and oxygen atoms in total. The van der Waals surface area contributed by atoms with Crippen molar-refractivity contribution < 1.29 is 0 Å². The fourth-order valence-corrected chi connectivity index (χ4v) is 16.0. The molecule has 1 unspecified atom stereocenters. The Kier molecular flexibility index (Phi) is 7.18. The van der Waals surface area contributed by atoms with E-state index in [9.17, 15) is 0 Å². The molecular weight excluding hydrogens is 250 g/mol. The summed E-state index contributed by atoms with van der Waals surface area (Å²) >= 11 is 0. The van der Waals surface area contributed by atoms with E-state index in [4.69, 9.17) is 0 Å². The van der Waals surface area contributed by atoms with E-state index in [2.05, 4.69) is 38.8 Å². The molecule has 0 bridgehead atoms. The molecular formula is C15H34NSi2. The second-order valence-electron chi connectivity index (χ2n) is 6.18. The van der Waals surface area contributed by atoms with Crippen LogP contribution in [0.4, 0.5) is 0 Å². The molecule has 0 aromatic heterocycles. The molecule has 1 fully saturated rings. The van der Waals surface area contributed by atoms with Crippen LogP contribution in [0.3, 0.4) is 0 Å². The summed E-state index contributed by atoms with van der Waals surface area (Å²) in [7, 11) is -1.21. The van der Waals surface area contributed by atoms with Crippen LogP contribution in [0.2, 0.25) is 29.7 Å². The quantitative estimate of drug-likeness (QED) is 0.521. The smallest absolute Gasteiger partial charge is 0.129 e. The number of hydrogen-bond donors (Lipinski definition) is 0. The zero-order valence-corrected chi connectivity index (χ0v) is 15.4. The first-order valence-corrected chi connectivity index (χ1v) is 12.6. The van der Waals surface area contributed by atoms with E-state index in [0.29, 0.717) is 0 Å². The van der Waals surface area contributed by atoms with Gasteiger partial charge in [-0.05, 0) is 36.3 Å². The summed E-state index contributed by atoms with van der Waals surface area (Å²) in [6.45, 7) is 13.6. The number of rotatable bonds is 9. The van der Waals surface area contributed by atoms with Gasteiger partial charge in [-0.15, -0.1) is 0 Å². The molecule has 3 heteroatoms. The Hall–Kier alpha value is 0.394. The van der Waals surface area contributed by atoms with E-state index in [1.807, 2.05) is 0 Å². The van der Waals surface area contributed by atoms with Gasteiger partial charge in [-0.1, -0.05) is 60.3 Å². The summed E-state index contributed by atoms with van der Waals surface area (Å²) in [5, 5.41) is 0. The second kappa shape index (κ2) is 7.86. The van der Waals surface area contributed by atoms with Gasteiger partial charge in [0.2, 0.25) is 0 Å². The Bertz CT molecular complexity index is 221. The van der Waals surface area contributed by atoms with E-state index in [1.54, 1.807) is 12.1 Å². The summed E-state index contributed by atoms with van der Waals surface area (Å²) in [5.41, 5.74) is 1.08. The number of nitrogens with zero attached hydrogens (tertiary/aromatic N) is 1. The van der Waals surface area contributed by atoms with Crippen LogP contribution in [0.15, 0.2) is 0 Å². The molecule has 1 radical (unpaired) electrons. The van der Waals surface area contributed by atoms with Crippen LogP contribution in [0.25, 0.3) is 0 Å². The minimum Gasteiger partial charge on any atom is -0.346 e. The van der Waals surface area contributed by atoms with Crippen LogP contribution < -0.4 is 0 Å². The Balaban J connectivity index is 2.77. The maximum atomic E-state index is 3.14. The molecule has 0 N–H and O–H groups in total. The third kappa shape index (κ3) is 3.28. The molecule has 0 saturated carbocycles. The highest BCUT2D eigenvalue weighted by molar-refractivity contribution is 6.89. The minimum absolute atomic E-state index is 0.175. The van der Waals surface area contributed by atoms with Crippen LogP contribution in [-0.2, 0) is 0 Å². The average Bonchev–Trinajstić information content (AvgIpc) is 2.35. The third-order valence-electron chi connectivity index (χ3n) is 4.74. The van der Waals surface area contributed by atoms with Crippen molar-refractivity contribution in [3.8, 4) is 0 Å². The molecule has 1 rings (SSSR count). The van der Waals surface area contributed by atoms with Gasteiger partial charge in [0.05, 0.1) is 0 Å². The highest BCUT2D eigenvalue weighted by Crippen LogP contribution is 2.46. The molecule has 0 aliphatic carbocycles. The van der Waals surface area contributed by atoms with Gasteiger partial charge in [0.25, 0.3) is 0 Å². The van der Waals surface area contributed by atoms with E-state index in [1.165, 1.54) is 44.3 Å². The topological polar surface area (TPSA) is 3.24 Å². The van der Waals surface area contributed by atoms with Crippen molar-refractivity contribution >= 4 is 17.2 Å². The highest BCUT2D eigenvalue weighted by Gasteiger charge is 2.53. The van der Waals surface area contributed by atoms with Crippen molar-refractivity contribution in [1.29, 1.82) is 0 Å². The van der Waals surface area contributed by atoms with E-state index in [0.717, 1.165) is 5.54 Å². The average molecular weight is 285 g/mol. The zero-order valence-electron chi connectivity index (χ0n) is 13.4. The lowest BCUT2D eigenvalue weighted by atomic mass is 10.5. The minimum atomic E-state index is -1.03. The predicted octanol–water partition coefficient (Wildman–Crippen LogP) is 5.27. The largest absolute Gasteiger partial charge is 0.346 e. The first-order valence-electron chi connectivity index (χ1n) is 8.28. The fourth-order valence-electron chi connectivity index (χ4n) is 3.95. The standard InChI is InChI=1S/C15H34NSi2/c1-6-10-17(11-7-2)16-14-15(5)18(16,12-8-3)13-9-4/h15H,6-14H2,1-5H3. The van der Waals surface area contributed by atoms with Crippen LogP contribution in [0.1, 0.15) is 60.3 Å². The van der Waals surface area contributed by atoms with Gasteiger partial charge in [0.1, 0.15) is 17.2 Å². The van der Waals surface area contributed by atoms with Gasteiger partial charge >= 0.3 is 0 Å². The van der Waals surface area contributed by atoms with Gasteiger partial charge in [-0.3, -0.25) is 0 Å². The lowest BCUT2D eigenvalue weighted by Gasteiger charge is -2.60. The van der Waals surface area contributed by atoms with Gasteiger partial charge in [-0.25, -0.2) is 0 Å². The van der Waals surface area contributed by atoms with Gasteiger partial charge < -0.3 is 4.23 Å². The lowest BCUT2D eigenvalue weighted by molar-refractivity contribution is 0.464. The predicted molar refractivity (Wildman–Crippen MR) is 88.0 cm³/mol. The Morgan fingerprint density at radius 3 is 1.78 bits per heavy atom. The molecule has 1 aliphatic rings. The third-order valence-corrected chi connectivity index (χ3v) is 16.1. The molecule has 18 heavy (non-hydrogen) atoms. The summed E-state index contributed by atoms with van der Waals surface area (Å²) in [6.07, 6.45) is 5.64. The zero-order chi connectivity index (χ0) is 13.6. The molecule has 0 spiro atoms. The van der Waals surface area contributed by atoms with Crippen molar-refractivity contribution in [1.82, 2.24) is 4.23 Å². The van der Waals surface area contributed by atoms with Gasteiger partial charge in [0.15, 0.2) is 0 Å². The maximum absolute atomic E-state index is 3.14. The lowest BCUT2D eigenvalue weighted by Crippen LogP contribution is -2.72. The monoisotopic (exact) mass is 284 g/mol. The summed E-state index contributed by atoms with van der Waals surface area (Å²) in [6, 6.07) is 6.22. The van der Waals surface area contributed by atoms with E-state index < -0.39 is 8.24 Å². The first-order chi connectivity index (χ1) is 8.66. The summed E-state index contributed by atoms with van der Waals surface area (Å²) in [5.74, 6) is 0. The first kappa shape index (κ1) is 16.4. The molecule has 0 aromatic rings.